The number of rotatable bonds is 0. The lowest BCUT2D eigenvalue weighted by molar-refractivity contribution is 1.44. The quantitative estimate of drug-likeness (QED) is 0.461. The average molecular weight is 236 g/mol. The molecular formula is C14H8N2S. The Bertz CT molecular complexity index is 842. The van der Waals surface area contributed by atoms with E-state index < -0.39 is 0 Å². The van der Waals surface area contributed by atoms with Crippen molar-refractivity contribution in [2.24, 2.45) is 0 Å². The lowest BCUT2D eigenvalue weighted by atomic mass is 10.1. The summed E-state index contributed by atoms with van der Waals surface area (Å²) in [6.07, 6.45) is 1.83. The van der Waals surface area contributed by atoms with Crippen molar-refractivity contribution in [3.8, 4) is 0 Å². The Morgan fingerprint density at radius 3 is 2.82 bits per heavy atom. The van der Waals surface area contributed by atoms with Crippen molar-refractivity contribution >= 4 is 43.4 Å². The fourth-order valence-electron chi connectivity index (χ4n) is 2.20. The lowest BCUT2D eigenvalue weighted by Gasteiger charge is -1.95. The van der Waals surface area contributed by atoms with E-state index in [1.54, 1.807) is 11.3 Å². The van der Waals surface area contributed by atoms with Gasteiger partial charge in [0.05, 0.1) is 21.3 Å². The van der Waals surface area contributed by atoms with Crippen LogP contribution in [0.4, 0.5) is 0 Å². The van der Waals surface area contributed by atoms with Crippen molar-refractivity contribution in [2.75, 3.05) is 0 Å². The maximum atomic E-state index is 4.63. The second-order valence-corrected chi connectivity index (χ2v) is 4.95. The third kappa shape index (κ3) is 1.26. The summed E-state index contributed by atoms with van der Waals surface area (Å²) >= 11 is 1.71. The molecule has 4 rings (SSSR count). The zero-order valence-corrected chi connectivity index (χ0v) is 9.74. The first kappa shape index (κ1) is 9.07. The van der Waals surface area contributed by atoms with Crippen LogP contribution >= 0.6 is 11.3 Å². The van der Waals surface area contributed by atoms with Crippen molar-refractivity contribution < 1.29 is 0 Å². The summed E-state index contributed by atoms with van der Waals surface area (Å²) in [4.78, 5) is 9.00. The minimum Gasteiger partial charge on any atom is -0.254 e. The zero-order valence-electron chi connectivity index (χ0n) is 8.92. The van der Waals surface area contributed by atoms with Crippen molar-refractivity contribution in [1.82, 2.24) is 9.97 Å². The summed E-state index contributed by atoms with van der Waals surface area (Å²) < 4.78 is 1.21. The molecule has 0 aliphatic carbocycles. The Kier molecular flexibility index (Phi) is 1.73. The molecule has 2 aromatic heterocycles. The van der Waals surface area contributed by atoms with E-state index in [1.165, 1.54) is 15.5 Å². The number of nitrogens with zero attached hydrogens (tertiary/aromatic N) is 2. The number of aromatic nitrogens is 2. The molecule has 2 heterocycles. The van der Waals surface area contributed by atoms with Gasteiger partial charge in [0.2, 0.25) is 0 Å². The van der Waals surface area contributed by atoms with Crippen LogP contribution in [0.2, 0.25) is 0 Å². The summed E-state index contributed by atoms with van der Waals surface area (Å²) in [6.45, 7) is 0. The molecule has 2 nitrogen and oxygen atoms in total. The molecule has 0 atom stereocenters. The molecule has 0 aliphatic heterocycles. The molecule has 0 bridgehead atoms. The first-order valence-corrected chi connectivity index (χ1v) is 6.31. The standard InChI is InChI=1S/C14H8N2S/c1-2-4-11-9(3-1)10-7-14-13(8-12(10)16-11)15-5-6-17-14/h1-8H. The van der Waals surface area contributed by atoms with Gasteiger partial charge in [0.1, 0.15) is 0 Å². The monoisotopic (exact) mass is 236 g/mol. The average Bonchev–Trinajstić information content (AvgIpc) is 2.73. The summed E-state index contributed by atoms with van der Waals surface area (Å²) in [5, 5.41) is 4.45. The van der Waals surface area contributed by atoms with Gasteiger partial charge in [0.15, 0.2) is 0 Å². The van der Waals surface area contributed by atoms with E-state index in [2.05, 4.69) is 40.3 Å². The zero-order chi connectivity index (χ0) is 11.2. The van der Waals surface area contributed by atoms with Crippen molar-refractivity contribution in [1.29, 1.82) is 0 Å². The highest BCUT2D eigenvalue weighted by molar-refractivity contribution is 7.16. The number of para-hydroxylation sites is 1. The molecule has 3 heteroatoms. The fraction of sp³-hybridized carbons (Fsp3) is 0. The molecule has 4 aromatic rings. The van der Waals surface area contributed by atoms with E-state index in [0.29, 0.717) is 0 Å². The van der Waals surface area contributed by atoms with Crippen LogP contribution in [0.15, 0.2) is 48.0 Å². The van der Waals surface area contributed by atoms with Crippen LogP contribution in [0.1, 0.15) is 0 Å². The molecule has 0 amide bonds. The van der Waals surface area contributed by atoms with Gasteiger partial charge in [-0.25, -0.2) is 4.98 Å². The van der Waals surface area contributed by atoms with E-state index >= 15 is 0 Å². The topological polar surface area (TPSA) is 25.8 Å². The fourth-order valence-corrected chi connectivity index (χ4v) is 2.89. The number of fused-ring (bicyclic) bond motifs is 4. The van der Waals surface area contributed by atoms with Gasteiger partial charge in [0, 0.05) is 22.3 Å². The minimum absolute atomic E-state index is 1.02. The van der Waals surface area contributed by atoms with Crippen molar-refractivity contribution in [3.63, 3.8) is 0 Å². The van der Waals surface area contributed by atoms with Gasteiger partial charge in [-0.2, -0.15) is 0 Å². The minimum atomic E-state index is 1.02. The highest BCUT2D eigenvalue weighted by atomic mass is 32.1. The molecule has 0 radical (unpaired) electrons. The highest BCUT2D eigenvalue weighted by Gasteiger charge is 2.06. The van der Waals surface area contributed by atoms with Gasteiger partial charge in [-0.05, 0) is 18.2 Å². The van der Waals surface area contributed by atoms with Crippen LogP contribution < -0.4 is 0 Å². The third-order valence-corrected chi connectivity index (χ3v) is 3.82. The molecule has 0 saturated carbocycles. The second-order valence-electron chi connectivity index (χ2n) is 4.00. The predicted octanol–water partition coefficient (Wildman–Crippen LogP) is 4.00. The van der Waals surface area contributed by atoms with Gasteiger partial charge in [-0.15, -0.1) is 11.3 Å². The molecule has 0 saturated heterocycles. The van der Waals surface area contributed by atoms with E-state index in [0.717, 1.165) is 16.6 Å². The SMILES string of the molecule is c1ccc2c(c1)nc1cc3nccsc3cc12. The smallest absolute Gasteiger partial charge is 0.0823 e. The normalized spacial score (nSPS) is 11.5. The lowest BCUT2D eigenvalue weighted by Crippen LogP contribution is -1.75. The molecule has 0 aliphatic rings. The summed E-state index contributed by atoms with van der Waals surface area (Å²) in [6, 6.07) is 12.5. The van der Waals surface area contributed by atoms with E-state index in [9.17, 15) is 0 Å². The Balaban J connectivity index is 2.28. The Morgan fingerprint density at radius 1 is 0.882 bits per heavy atom. The van der Waals surface area contributed by atoms with E-state index in [1.807, 2.05) is 17.6 Å². The molecule has 2 aromatic carbocycles. The maximum Gasteiger partial charge on any atom is 0.0823 e. The van der Waals surface area contributed by atoms with Gasteiger partial charge in [0.25, 0.3) is 0 Å². The molecule has 0 spiro atoms. The molecule has 0 N–H and O–H groups in total. The largest absolute Gasteiger partial charge is 0.254 e. The van der Waals surface area contributed by atoms with Crippen LogP contribution in [-0.4, -0.2) is 9.97 Å². The Morgan fingerprint density at radius 2 is 1.82 bits per heavy atom. The molecule has 17 heavy (non-hydrogen) atoms. The van der Waals surface area contributed by atoms with Gasteiger partial charge >= 0.3 is 0 Å². The van der Waals surface area contributed by atoms with Gasteiger partial charge in [-0.1, -0.05) is 18.2 Å². The molecule has 80 valence electrons. The highest BCUT2D eigenvalue weighted by Crippen LogP contribution is 2.29. The predicted molar refractivity (Wildman–Crippen MR) is 72.4 cm³/mol. The summed E-state index contributed by atoms with van der Waals surface area (Å²) in [7, 11) is 0. The van der Waals surface area contributed by atoms with Crippen LogP contribution in [0.5, 0.6) is 0 Å². The van der Waals surface area contributed by atoms with Gasteiger partial charge < -0.3 is 0 Å². The second kappa shape index (κ2) is 3.25. The van der Waals surface area contributed by atoms with E-state index in [-0.39, 0.29) is 0 Å². The first-order valence-electron chi connectivity index (χ1n) is 5.43. The van der Waals surface area contributed by atoms with Crippen molar-refractivity contribution in [3.05, 3.63) is 48.0 Å². The maximum absolute atomic E-state index is 4.63. The van der Waals surface area contributed by atoms with Crippen LogP contribution in [-0.2, 0) is 0 Å². The Labute approximate surface area is 102 Å². The van der Waals surface area contributed by atoms with Crippen LogP contribution in [0.25, 0.3) is 32.0 Å². The van der Waals surface area contributed by atoms with Crippen LogP contribution in [0, 0.1) is 0 Å². The summed E-state index contributed by atoms with van der Waals surface area (Å²) in [5.74, 6) is 0. The Hall–Kier alpha value is -2.00. The number of hydrogen-bond acceptors (Lipinski definition) is 3. The first-order chi connectivity index (χ1) is 8.42. The van der Waals surface area contributed by atoms with Gasteiger partial charge in [-0.3, -0.25) is 4.98 Å². The van der Waals surface area contributed by atoms with Crippen molar-refractivity contribution in [2.45, 2.75) is 0 Å². The molecule has 0 unspecified atom stereocenters. The molecule has 0 fully saturated rings. The summed E-state index contributed by atoms with van der Waals surface area (Å²) in [5.41, 5.74) is 3.11. The van der Waals surface area contributed by atoms with E-state index in [4.69, 9.17) is 0 Å². The number of hydrogen-bond donors (Lipinski definition) is 0. The third-order valence-electron chi connectivity index (χ3n) is 2.98. The number of benzene rings is 2. The molecular weight excluding hydrogens is 228 g/mol. The van der Waals surface area contributed by atoms with Crippen LogP contribution in [0.3, 0.4) is 0 Å².